The average Bonchev–Trinajstić information content (AvgIpc) is 3.30. The lowest BCUT2D eigenvalue weighted by molar-refractivity contribution is 0.00719. The summed E-state index contributed by atoms with van der Waals surface area (Å²) in [5.74, 6) is 1.09. The molecule has 0 radical (unpaired) electrons. The molecule has 0 N–H and O–H groups in total. The van der Waals surface area contributed by atoms with Gasteiger partial charge in [0.2, 0.25) is 5.88 Å². The van der Waals surface area contributed by atoms with Crippen molar-refractivity contribution >= 4 is 45.4 Å². The average molecular weight is 660 g/mol. The molecule has 3 aromatic heterocycles. The number of aromatic nitrogens is 5. The number of hydrogen-bond donors (Lipinski definition) is 0. The maximum Gasteiger partial charge on any atom is 0.410 e. The minimum atomic E-state index is -0.543. The van der Waals surface area contributed by atoms with E-state index < -0.39 is 5.60 Å². The number of methoxy groups -OCH3 is 1. The maximum absolute atomic E-state index is 12.6. The molecular formula is C27H30IN6O4P. The number of ether oxygens (including phenoxy) is 3. The van der Waals surface area contributed by atoms with Gasteiger partial charge in [0.15, 0.2) is 0 Å². The van der Waals surface area contributed by atoms with Crippen LogP contribution in [-0.2, 0) is 4.74 Å². The summed E-state index contributed by atoms with van der Waals surface area (Å²) < 4.78 is 19.1. The van der Waals surface area contributed by atoms with E-state index in [4.69, 9.17) is 24.3 Å². The molecule has 39 heavy (non-hydrogen) atoms. The SMILES string of the molecule is COc1cncc(-c2ccc3c(c2)c(-c2cncc(OC4CCCN(C(=O)OC(C)(C)C)C4)n2)nn3PI)c1. The molecule has 2 unspecified atom stereocenters. The fourth-order valence-corrected chi connectivity index (χ4v) is 5.98. The van der Waals surface area contributed by atoms with Crippen molar-refractivity contribution in [2.75, 3.05) is 20.2 Å². The Morgan fingerprint density at radius 1 is 1.10 bits per heavy atom. The number of piperidine rings is 1. The van der Waals surface area contributed by atoms with Gasteiger partial charge in [-0.2, -0.15) is 5.10 Å². The summed E-state index contributed by atoms with van der Waals surface area (Å²) in [7, 11) is 1.63. The number of amides is 1. The first-order valence-corrected chi connectivity index (χ1v) is 16.7. The number of likely N-dealkylation sites (tertiary alicyclic amines) is 1. The van der Waals surface area contributed by atoms with E-state index in [0.717, 1.165) is 40.6 Å². The normalized spacial score (nSPS) is 16.1. The van der Waals surface area contributed by atoms with Crippen molar-refractivity contribution in [3.63, 3.8) is 0 Å². The molecule has 0 aliphatic carbocycles. The molecule has 0 saturated carbocycles. The van der Waals surface area contributed by atoms with Crippen LogP contribution < -0.4 is 9.47 Å². The van der Waals surface area contributed by atoms with Crippen LogP contribution in [0.5, 0.6) is 11.6 Å². The zero-order chi connectivity index (χ0) is 27.6. The molecule has 1 saturated heterocycles. The summed E-state index contributed by atoms with van der Waals surface area (Å²) in [6.45, 7) is 6.68. The minimum absolute atomic E-state index is 0.201. The second-order valence-corrected chi connectivity index (χ2v) is 12.3. The van der Waals surface area contributed by atoms with E-state index in [1.54, 1.807) is 30.6 Å². The van der Waals surface area contributed by atoms with Crippen molar-refractivity contribution in [1.29, 1.82) is 0 Å². The van der Waals surface area contributed by atoms with E-state index in [0.29, 0.717) is 36.8 Å². The van der Waals surface area contributed by atoms with Crippen molar-refractivity contribution in [3.8, 4) is 34.1 Å². The highest BCUT2D eigenvalue weighted by Crippen LogP contribution is 2.37. The first-order valence-electron chi connectivity index (χ1n) is 12.6. The highest BCUT2D eigenvalue weighted by atomic mass is 127. The minimum Gasteiger partial charge on any atom is -0.495 e. The number of rotatable bonds is 6. The Morgan fingerprint density at radius 2 is 1.92 bits per heavy atom. The van der Waals surface area contributed by atoms with Crippen molar-refractivity contribution in [2.24, 2.45) is 0 Å². The molecule has 0 bridgehead atoms. The van der Waals surface area contributed by atoms with Crippen LogP contribution in [0.3, 0.4) is 0 Å². The van der Waals surface area contributed by atoms with Crippen molar-refractivity contribution in [3.05, 3.63) is 49.1 Å². The molecule has 0 spiro atoms. The fourth-order valence-electron chi connectivity index (χ4n) is 4.46. The lowest BCUT2D eigenvalue weighted by Gasteiger charge is -2.33. The van der Waals surface area contributed by atoms with Crippen molar-refractivity contribution in [2.45, 2.75) is 45.3 Å². The summed E-state index contributed by atoms with van der Waals surface area (Å²) in [6, 6.07) is 8.17. The molecule has 4 aromatic rings. The van der Waals surface area contributed by atoms with Crippen LogP contribution in [0.15, 0.2) is 49.1 Å². The molecule has 10 nitrogen and oxygen atoms in total. The van der Waals surface area contributed by atoms with Crippen LogP contribution in [0.25, 0.3) is 33.4 Å². The fraction of sp³-hybridized carbons (Fsp3) is 0.370. The van der Waals surface area contributed by atoms with E-state index in [-0.39, 0.29) is 12.2 Å². The Balaban J connectivity index is 1.42. The monoisotopic (exact) mass is 660 g/mol. The number of fused-ring (bicyclic) bond motifs is 1. The highest BCUT2D eigenvalue weighted by Gasteiger charge is 2.29. The zero-order valence-electron chi connectivity index (χ0n) is 22.2. The van der Waals surface area contributed by atoms with Crippen LogP contribution >= 0.6 is 28.4 Å². The Bertz CT molecular complexity index is 1490. The molecule has 2 atom stereocenters. The summed E-state index contributed by atoms with van der Waals surface area (Å²) >= 11 is 2.32. The Labute approximate surface area is 241 Å². The number of pyridine rings is 1. The lowest BCUT2D eigenvalue weighted by atomic mass is 10.0. The van der Waals surface area contributed by atoms with Gasteiger partial charge in [-0.15, -0.1) is 0 Å². The largest absolute Gasteiger partial charge is 0.495 e. The molecule has 1 aromatic carbocycles. The highest BCUT2D eigenvalue weighted by molar-refractivity contribution is 14.2. The molecule has 204 valence electrons. The summed E-state index contributed by atoms with van der Waals surface area (Å²) in [5, 5.41) is 5.82. The second kappa shape index (κ2) is 11.6. The van der Waals surface area contributed by atoms with Gasteiger partial charge in [0.05, 0.1) is 44.1 Å². The molecule has 5 rings (SSSR count). The standard InChI is InChI=1S/C27H30IN6O4P/c1-27(2,3)38-26(35)33-9-5-6-19(16-33)37-24-15-30-14-22(31-24)25-21-11-17(7-8-23(21)34(32-25)39-28)18-10-20(36-4)13-29-12-18/h7-8,10-15,19,39H,5-6,9,16H2,1-4H3. The number of carbonyl (C=O) groups is 1. The molecular weight excluding hydrogens is 630 g/mol. The number of carbonyl (C=O) groups excluding carboxylic acids is 1. The van der Waals surface area contributed by atoms with Crippen molar-refractivity contribution in [1.82, 2.24) is 29.4 Å². The van der Waals surface area contributed by atoms with Gasteiger partial charge in [0.1, 0.15) is 28.8 Å². The van der Waals surface area contributed by atoms with Crippen LogP contribution in [0, 0.1) is 0 Å². The first kappa shape index (κ1) is 27.5. The lowest BCUT2D eigenvalue weighted by Crippen LogP contribution is -2.46. The third-order valence-electron chi connectivity index (χ3n) is 6.21. The van der Waals surface area contributed by atoms with Crippen molar-refractivity contribution < 1.29 is 19.0 Å². The van der Waals surface area contributed by atoms with Gasteiger partial charge < -0.3 is 19.1 Å². The molecule has 1 fully saturated rings. The van der Waals surface area contributed by atoms with E-state index in [9.17, 15) is 4.79 Å². The van der Waals surface area contributed by atoms with E-state index >= 15 is 0 Å². The van der Waals surface area contributed by atoms with Crippen LogP contribution in [-0.4, -0.2) is 67.4 Å². The second-order valence-electron chi connectivity index (χ2n) is 10.2. The van der Waals surface area contributed by atoms with Gasteiger partial charge in [-0.05, 0) is 79.4 Å². The Kier molecular flexibility index (Phi) is 8.18. The topological polar surface area (TPSA) is 104 Å². The van der Waals surface area contributed by atoms with E-state index in [1.165, 1.54) is 0 Å². The Hall–Kier alpha value is -3.05. The molecule has 1 aliphatic heterocycles. The van der Waals surface area contributed by atoms with Gasteiger partial charge in [-0.25, -0.2) is 14.2 Å². The molecule has 1 aliphatic rings. The number of nitrogens with zero attached hydrogens (tertiary/aromatic N) is 6. The van der Waals surface area contributed by atoms with E-state index in [1.807, 2.05) is 37.5 Å². The van der Waals surface area contributed by atoms with Gasteiger partial charge in [-0.1, -0.05) is 6.07 Å². The third-order valence-corrected chi connectivity index (χ3v) is 8.09. The summed E-state index contributed by atoms with van der Waals surface area (Å²) in [5.41, 5.74) is 3.75. The predicted octanol–water partition coefficient (Wildman–Crippen LogP) is 6.13. The molecule has 4 heterocycles. The van der Waals surface area contributed by atoms with Gasteiger partial charge >= 0.3 is 6.09 Å². The third kappa shape index (κ3) is 6.41. The smallest absolute Gasteiger partial charge is 0.410 e. The van der Waals surface area contributed by atoms with Gasteiger partial charge in [0.25, 0.3) is 0 Å². The van der Waals surface area contributed by atoms with Crippen LogP contribution in [0.1, 0.15) is 33.6 Å². The van der Waals surface area contributed by atoms with Crippen LogP contribution in [0.4, 0.5) is 4.79 Å². The first-order chi connectivity index (χ1) is 18.7. The van der Waals surface area contributed by atoms with E-state index in [2.05, 4.69) is 50.2 Å². The summed E-state index contributed by atoms with van der Waals surface area (Å²) in [6.07, 6.45) is 8.32. The summed E-state index contributed by atoms with van der Waals surface area (Å²) in [4.78, 5) is 27.7. The molecule has 1 amide bonds. The number of benzene rings is 1. The van der Waals surface area contributed by atoms with Gasteiger partial charge in [-0.3, -0.25) is 9.97 Å². The van der Waals surface area contributed by atoms with Gasteiger partial charge in [0, 0.05) is 23.7 Å². The number of halogens is 1. The Morgan fingerprint density at radius 3 is 2.69 bits per heavy atom. The molecule has 12 heteroatoms. The van der Waals surface area contributed by atoms with Crippen LogP contribution in [0.2, 0.25) is 0 Å². The number of hydrogen-bond acceptors (Lipinski definition) is 8. The quantitative estimate of drug-likeness (QED) is 0.180. The zero-order valence-corrected chi connectivity index (χ0v) is 25.4. The predicted molar refractivity (Wildman–Crippen MR) is 160 cm³/mol. The maximum atomic E-state index is 12.6.